The highest BCUT2D eigenvalue weighted by atomic mass is 32.1. The molecular weight excluding hydrogens is 260 g/mol. The Morgan fingerprint density at radius 2 is 2.26 bits per heavy atom. The minimum absolute atomic E-state index is 0.174. The molecule has 4 nitrogen and oxygen atoms in total. The predicted molar refractivity (Wildman–Crippen MR) is 73.2 cm³/mol. The summed E-state index contributed by atoms with van der Waals surface area (Å²) in [7, 11) is 0. The topological polar surface area (TPSA) is 62.2 Å². The van der Waals surface area contributed by atoms with Crippen LogP contribution in [0.2, 0.25) is 0 Å². The molecule has 0 radical (unpaired) electrons. The van der Waals surface area contributed by atoms with E-state index in [2.05, 4.69) is 9.69 Å². The van der Waals surface area contributed by atoms with Crippen molar-refractivity contribution in [2.75, 3.05) is 0 Å². The number of hydrogen-bond donors (Lipinski definition) is 2. The van der Waals surface area contributed by atoms with Crippen LogP contribution in [-0.2, 0) is 6.42 Å². The monoisotopic (exact) mass is 274 g/mol. The molecule has 1 aliphatic carbocycles. The molecule has 1 aliphatic rings. The molecular formula is C14H14N2O2S. The molecule has 19 heavy (non-hydrogen) atoms. The number of hydrogen-bond acceptors (Lipinski definition) is 4. The Hall–Kier alpha value is -1.72. The van der Waals surface area contributed by atoms with Gasteiger partial charge in [0.05, 0.1) is 23.4 Å². The van der Waals surface area contributed by atoms with E-state index < -0.39 is 6.10 Å². The van der Waals surface area contributed by atoms with Crippen molar-refractivity contribution in [3.05, 3.63) is 52.0 Å². The molecule has 0 bridgehead atoms. The molecule has 0 saturated carbocycles. The second-order valence-corrected chi connectivity index (χ2v) is 5.36. The van der Waals surface area contributed by atoms with Gasteiger partial charge in [0.15, 0.2) is 0 Å². The van der Waals surface area contributed by atoms with Crippen LogP contribution < -0.4 is 5.32 Å². The van der Waals surface area contributed by atoms with Crippen molar-refractivity contribution in [1.82, 2.24) is 9.69 Å². The molecule has 98 valence electrons. The van der Waals surface area contributed by atoms with Crippen LogP contribution in [0.25, 0.3) is 0 Å². The van der Waals surface area contributed by atoms with Gasteiger partial charge in [0.25, 0.3) is 5.91 Å². The zero-order valence-electron chi connectivity index (χ0n) is 10.5. The van der Waals surface area contributed by atoms with Crippen LogP contribution in [0.15, 0.2) is 29.6 Å². The smallest absolute Gasteiger partial charge is 0.254 e. The van der Waals surface area contributed by atoms with E-state index in [0.717, 1.165) is 16.8 Å². The van der Waals surface area contributed by atoms with Crippen LogP contribution in [-0.4, -0.2) is 21.5 Å². The Bertz CT molecular complexity index is 623. The van der Waals surface area contributed by atoms with Gasteiger partial charge in [-0.3, -0.25) is 4.79 Å². The number of rotatable bonds is 2. The summed E-state index contributed by atoms with van der Waals surface area (Å²) in [5, 5.41) is 14.7. The lowest BCUT2D eigenvalue weighted by atomic mass is 10.1. The number of nitrogens with zero attached hydrogens (tertiary/aromatic N) is 1. The molecule has 0 fully saturated rings. The van der Waals surface area contributed by atoms with Crippen molar-refractivity contribution in [1.29, 1.82) is 0 Å². The molecule has 2 atom stereocenters. The molecule has 1 heterocycles. The van der Waals surface area contributed by atoms with E-state index in [1.807, 2.05) is 31.2 Å². The summed E-state index contributed by atoms with van der Waals surface area (Å²) < 4.78 is 4.09. The first-order valence-corrected chi connectivity index (χ1v) is 6.98. The Balaban J connectivity index is 1.84. The molecule has 5 heteroatoms. The number of aliphatic hydroxyl groups excluding tert-OH is 1. The highest BCUT2D eigenvalue weighted by molar-refractivity contribution is 7.03. The average Bonchev–Trinajstić information content (AvgIpc) is 2.94. The van der Waals surface area contributed by atoms with Crippen molar-refractivity contribution in [3.63, 3.8) is 0 Å². The zero-order chi connectivity index (χ0) is 13.4. The van der Waals surface area contributed by atoms with Gasteiger partial charge in [-0.1, -0.05) is 24.3 Å². The van der Waals surface area contributed by atoms with Gasteiger partial charge in [0, 0.05) is 11.8 Å². The van der Waals surface area contributed by atoms with E-state index in [1.54, 1.807) is 5.38 Å². The number of aromatic nitrogens is 1. The quantitative estimate of drug-likeness (QED) is 0.878. The van der Waals surface area contributed by atoms with Crippen LogP contribution in [0.1, 0.15) is 33.2 Å². The van der Waals surface area contributed by atoms with Crippen molar-refractivity contribution in [3.8, 4) is 0 Å². The number of amides is 1. The first-order chi connectivity index (χ1) is 9.16. The SMILES string of the molecule is Cc1nscc1C(=O)NC1c2ccccc2CC1O. The fraction of sp³-hybridized carbons (Fsp3) is 0.286. The van der Waals surface area contributed by atoms with Crippen molar-refractivity contribution >= 4 is 17.4 Å². The molecule has 1 amide bonds. The fourth-order valence-electron chi connectivity index (χ4n) is 2.48. The average molecular weight is 274 g/mol. The van der Waals surface area contributed by atoms with Gasteiger partial charge in [0.1, 0.15) is 0 Å². The largest absolute Gasteiger partial charge is 0.390 e. The summed E-state index contributed by atoms with van der Waals surface area (Å²) >= 11 is 1.27. The van der Waals surface area contributed by atoms with E-state index in [1.165, 1.54) is 11.5 Å². The summed E-state index contributed by atoms with van der Waals surface area (Å²) in [4.78, 5) is 12.2. The first-order valence-electron chi connectivity index (χ1n) is 6.14. The summed E-state index contributed by atoms with van der Waals surface area (Å²) in [6, 6.07) is 7.48. The second-order valence-electron chi connectivity index (χ2n) is 4.74. The number of aliphatic hydroxyl groups is 1. The number of fused-ring (bicyclic) bond motifs is 1. The Kier molecular flexibility index (Phi) is 3.08. The second kappa shape index (κ2) is 4.75. The van der Waals surface area contributed by atoms with E-state index in [9.17, 15) is 9.90 Å². The Morgan fingerprint density at radius 1 is 1.47 bits per heavy atom. The lowest BCUT2D eigenvalue weighted by Crippen LogP contribution is -2.34. The van der Waals surface area contributed by atoms with Gasteiger partial charge < -0.3 is 10.4 Å². The van der Waals surface area contributed by atoms with Crippen LogP contribution in [0, 0.1) is 6.92 Å². The number of carbonyl (C=O) groups excluding carboxylic acids is 1. The van der Waals surface area contributed by atoms with Gasteiger partial charge in [0.2, 0.25) is 0 Å². The molecule has 1 aromatic heterocycles. The summed E-state index contributed by atoms with van der Waals surface area (Å²) in [5.74, 6) is -0.174. The van der Waals surface area contributed by atoms with Crippen LogP contribution in [0.5, 0.6) is 0 Å². The molecule has 0 aliphatic heterocycles. The minimum atomic E-state index is -0.562. The van der Waals surface area contributed by atoms with Crippen molar-refractivity contribution < 1.29 is 9.90 Å². The molecule has 2 aromatic rings. The fourth-order valence-corrected chi connectivity index (χ4v) is 3.17. The molecule has 2 unspecified atom stereocenters. The number of aryl methyl sites for hydroxylation is 1. The molecule has 1 aromatic carbocycles. The first kappa shape index (κ1) is 12.3. The van der Waals surface area contributed by atoms with Gasteiger partial charge in [-0.2, -0.15) is 4.37 Å². The van der Waals surface area contributed by atoms with Gasteiger partial charge in [-0.25, -0.2) is 0 Å². The maximum absolute atomic E-state index is 12.2. The number of nitrogens with one attached hydrogen (secondary N) is 1. The maximum Gasteiger partial charge on any atom is 0.254 e. The summed E-state index contributed by atoms with van der Waals surface area (Å²) in [5.41, 5.74) is 3.41. The van der Waals surface area contributed by atoms with Gasteiger partial charge in [-0.15, -0.1) is 0 Å². The minimum Gasteiger partial charge on any atom is -0.390 e. The third-order valence-electron chi connectivity index (χ3n) is 3.49. The lowest BCUT2D eigenvalue weighted by molar-refractivity contribution is 0.0858. The highest BCUT2D eigenvalue weighted by Crippen LogP contribution is 2.31. The van der Waals surface area contributed by atoms with Gasteiger partial charge >= 0.3 is 0 Å². The molecule has 2 N–H and O–H groups in total. The van der Waals surface area contributed by atoms with E-state index in [-0.39, 0.29) is 11.9 Å². The molecule has 0 spiro atoms. The van der Waals surface area contributed by atoms with Gasteiger partial charge in [-0.05, 0) is 29.6 Å². The normalized spacial score (nSPS) is 21.2. The number of carbonyl (C=O) groups is 1. The number of benzene rings is 1. The Labute approximate surface area is 115 Å². The highest BCUT2D eigenvalue weighted by Gasteiger charge is 2.32. The Morgan fingerprint density at radius 3 is 3.00 bits per heavy atom. The predicted octanol–water partition coefficient (Wildman–Crippen LogP) is 1.84. The third-order valence-corrected chi connectivity index (χ3v) is 4.21. The summed E-state index contributed by atoms with van der Waals surface area (Å²) in [6.07, 6.45) is 0.0235. The third kappa shape index (κ3) is 2.15. The van der Waals surface area contributed by atoms with Crippen molar-refractivity contribution in [2.45, 2.75) is 25.5 Å². The maximum atomic E-state index is 12.2. The zero-order valence-corrected chi connectivity index (χ0v) is 11.3. The van der Waals surface area contributed by atoms with Crippen LogP contribution in [0.4, 0.5) is 0 Å². The van der Waals surface area contributed by atoms with Crippen LogP contribution in [0.3, 0.4) is 0 Å². The van der Waals surface area contributed by atoms with E-state index >= 15 is 0 Å². The lowest BCUT2D eigenvalue weighted by Gasteiger charge is -2.17. The van der Waals surface area contributed by atoms with E-state index in [4.69, 9.17) is 0 Å². The van der Waals surface area contributed by atoms with Crippen molar-refractivity contribution in [2.24, 2.45) is 0 Å². The standard InChI is InChI=1S/C14H14N2O2S/c1-8-11(7-19-16-8)14(18)15-13-10-5-3-2-4-9(10)6-12(13)17/h2-5,7,12-13,17H,6H2,1H3,(H,15,18). The summed E-state index contributed by atoms with van der Waals surface area (Å²) in [6.45, 7) is 1.81. The van der Waals surface area contributed by atoms with Crippen LogP contribution >= 0.6 is 11.5 Å². The molecule has 3 rings (SSSR count). The molecule has 0 saturated heterocycles. The van der Waals surface area contributed by atoms with E-state index in [0.29, 0.717) is 12.0 Å².